The molecule has 114 valence electrons. The molecule has 21 heavy (non-hydrogen) atoms. The van der Waals surface area contributed by atoms with E-state index < -0.39 is 0 Å². The van der Waals surface area contributed by atoms with Gasteiger partial charge in [-0.25, -0.2) is 9.97 Å². The summed E-state index contributed by atoms with van der Waals surface area (Å²) in [6, 6.07) is 2.41. The minimum atomic E-state index is 0.435. The maximum Gasteiger partial charge on any atom is 0.125 e. The van der Waals surface area contributed by atoms with Crippen molar-refractivity contribution in [3.05, 3.63) is 42.1 Å². The number of allylic oxidation sites excluding steroid dienone is 2. The van der Waals surface area contributed by atoms with Crippen molar-refractivity contribution in [2.75, 3.05) is 13.2 Å². The molecule has 1 aliphatic rings. The summed E-state index contributed by atoms with van der Waals surface area (Å²) in [5, 5.41) is 0. The van der Waals surface area contributed by atoms with Gasteiger partial charge in [-0.1, -0.05) is 19.6 Å². The second-order valence-corrected chi connectivity index (χ2v) is 5.44. The van der Waals surface area contributed by atoms with Crippen molar-refractivity contribution in [3.63, 3.8) is 0 Å². The van der Waals surface area contributed by atoms with Gasteiger partial charge in [0, 0.05) is 31.1 Å². The second-order valence-electron chi connectivity index (χ2n) is 5.44. The first-order valence-corrected chi connectivity index (χ1v) is 7.66. The van der Waals surface area contributed by atoms with E-state index in [9.17, 15) is 0 Å². The third-order valence-electron chi connectivity index (χ3n) is 3.66. The molecule has 0 radical (unpaired) electrons. The van der Waals surface area contributed by atoms with Crippen LogP contribution in [0.2, 0.25) is 0 Å². The first-order valence-electron chi connectivity index (χ1n) is 7.66. The van der Waals surface area contributed by atoms with Crippen LogP contribution in [0.5, 0.6) is 0 Å². The van der Waals surface area contributed by atoms with Crippen LogP contribution in [-0.4, -0.2) is 34.1 Å². The molecule has 1 fully saturated rings. The predicted octanol–water partition coefficient (Wildman–Crippen LogP) is 3.55. The Hall–Kier alpha value is -1.68. The van der Waals surface area contributed by atoms with Crippen LogP contribution in [0, 0.1) is 6.92 Å². The fourth-order valence-electron chi connectivity index (χ4n) is 2.78. The molecular formula is C17H25N3O. The van der Waals surface area contributed by atoms with E-state index in [4.69, 9.17) is 4.74 Å². The van der Waals surface area contributed by atoms with Crippen LogP contribution < -0.4 is 0 Å². The fraction of sp³-hybridized carbons (Fsp3) is 0.529. The van der Waals surface area contributed by atoms with Crippen molar-refractivity contribution in [1.29, 1.82) is 0 Å². The van der Waals surface area contributed by atoms with E-state index in [1.54, 1.807) is 0 Å². The average molecular weight is 287 g/mol. The van der Waals surface area contributed by atoms with Gasteiger partial charge in [0.15, 0.2) is 0 Å². The maximum absolute atomic E-state index is 5.49. The minimum Gasteiger partial charge on any atom is -0.381 e. The lowest BCUT2D eigenvalue weighted by molar-refractivity contribution is 0.0599. The highest BCUT2D eigenvalue weighted by Crippen LogP contribution is 2.29. The first kappa shape index (κ1) is 15.7. The molecule has 0 N–H and O–H groups in total. The summed E-state index contributed by atoms with van der Waals surface area (Å²) in [7, 11) is 0. The Bertz CT molecular complexity index is 519. The lowest BCUT2D eigenvalue weighted by Crippen LogP contribution is -2.37. The van der Waals surface area contributed by atoms with E-state index in [2.05, 4.69) is 41.4 Å². The van der Waals surface area contributed by atoms with Crippen LogP contribution in [0.4, 0.5) is 0 Å². The lowest BCUT2D eigenvalue weighted by Gasteiger charge is -2.37. The minimum absolute atomic E-state index is 0.435. The zero-order valence-corrected chi connectivity index (χ0v) is 13.3. The molecule has 0 atom stereocenters. The van der Waals surface area contributed by atoms with Crippen molar-refractivity contribution in [1.82, 2.24) is 14.9 Å². The molecule has 4 nitrogen and oxygen atoms in total. The first-order chi connectivity index (χ1) is 10.1. The second kappa shape index (κ2) is 7.36. The molecule has 2 rings (SSSR count). The molecular weight excluding hydrogens is 262 g/mol. The SMILES string of the molecule is C=C(C)N(/C(=C\CC)c1ccnc(C)n1)C1CCOCC1. The van der Waals surface area contributed by atoms with E-state index in [1.807, 2.05) is 19.2 Å². The van der Waals surface area contributed by atoms with E-state index in [1.165, 1.54) is 0 Å². The number of hydrogen-bond donors (Lipinski definition) is 0. The summed E-state index contributed by atoms with van der Waals surface area (Å²) < 4.78 is 5.49. The standard InChI is InChI=1S/C17H25N3O/c1-5-6-17(16-7-10-18-14(4)19-16)20(13(2)3)15-8-11-21-12-9-15/h6-7,10,15H,2,5,8-9,11-12H2,1,3-4H3/b17-6-. The van der Waals surface area contributed by atoms with Gasteiger partial charge < -0.3 is 9.64 Å². The maximum atomic E-state index is 5.49. The van der Waals surface area contributed by atoms with Crippen molar-refractivity contribution in [3.8, 4) is 0 Å². The molecule has 0 aliphatic carbocycles. The van der Waals surface area contributed by atoms with Crippen molar-refractivity contribution >= 4 is 5.70 Å². The zero-order chi connectivity index (χ0) is 15.2. The third-order valence-corrected chi connectivity index (χ3v) is 3.66. The number of rotatable bonds is 5. The van der Waals surface area contributed by atoms with Gasteiger partial charge in [0.25, 0.3) is 0 Å². The van der Waals surface area contributed by atoms with Crippen molar-refractivity contribution in [2.24, 2.45) is 0 Å². The van der Waals surface area contributed by atoms with Gasteiger partial charge in [0.2, 0.25) is 0 Å². The van der Waals surface area contributed by atoms with Gasteiger partial charge in [-0.15, -0.1) is 0 Å². The molecule has 0 spiro atoms. The summed E-state index contributed by atoms with van der Waals surface area (Å²) >= 11 is 0. The summed E-state index contributed by atoms with van der Waals surface area (Å²) in [5.74, 6) is 0.795. The van der Waals surface area contributed by atoms with E-state index in [-0.39, 0.29) is 0 Å². The molecule has 1 aromatic heterocycles. The van der Waals surface area contributed by atoms with E-state index >= 15 is 0 Å². The lowest BCUT2D eigenvalue weighted by atomic mass is 10.0. The van der Waals surface area contributed by atoms with Crippen LogP contribution in [-0.2, 0) is 4.74 Å². The normalized spacial score (nSPS) is 16.8. The number of ether oxygens (including phenoxy) is 1. The average Bonchev–Trinajstić information content (AvgIpc) is 2.47. The summed E-state index contributed by atoms with van der Waals surface area (Å²) in [6.07, 6.45) is 7.06. The van der Waals surface area contributed by atoms with Crippen LogP contribution in [0.15, 0.2) is 30.6 Å². The summed E-state index contributed by atoms with van der Waals surface area (Å²) in [5.41, 5.74) is 3.17. The fourth-order valence-corrected chi connectivity index (χ4v) is 2.78. The third kappa shape index (κ3) is 3.91. The van der Waals surface area contributed by atoms with Crippen LogP contribution >= 0.6 is 0 Å². The zero-order valence-electron chi connectivity index (χ0n) is 13.3. The van der Waals surface area contributed by atoms with Gasteiger partial charge >= 0.3 is 0 Å². The Labute approximate surface area is 127 Å². The smallest absolute Gasteiger partial charge is 0.125 e. The molecule has 0 aromatic carbocycles. The van der Waals surface area contributed by atoms with Gasteiger partial charge in [-0.05, 0) is 39.2 Å². The Morgan fingerprint density at radius 2 is 2.19 bits per heavy atom. The van der Waals surface area contributed by atoms with E-state index in [0.29, 0.717) is 6.04 Å². The quantitative estimate of drug-likeness (QED) is 0.830. The molecule has 0 bridgehead atoms. The molecule has 4 heteroatoms. The Morgan fingerprint density at radius 3 is 2.76 bits per heavy atom. The van der Waals surface area contributed by atoms with Crippen LogP contribution in [0.1, 0.15) is 44.6 Å². The molecule has 0 saturated carbocycles. The van der Waals surface area contributed by atoms with Crippen molar-refractivity contribution in [2.45, 2.75) is 46.1 Å². The highest BCUT2D eigenvalue weighted by molar-refractivity contribution is 5.62. The van der Waals surface area contributed by atoms with Gasteiger partial charge in [-0.3, -0.25) is 0 Å². The molecule has 0 unspecified atom stereocenters. The Kier molecular flexibility index (Phi) is 5.51. The molecule has 1 aliphatic heterocycles. The van der Waals surface area contributed by atoms with Gasteiger partial charge in [0.05, 0.1) is 11.4 Å². The van der Waals surface area contributed by atoms with Gasteiger partial charge in [-0.2, -0.15) is 0 Å². The number of aromatic nitrogens is 2. The predicted molar refractivity (Wildman–Crippen MR) is 85.5 cm³/mol. The molecule has 1 saturated heterocycles. The van der Waals surface area contributed by atoms with Gasteiger partial charge in [0.1, 0.15) is 5.82 Å². The molecule has 2 heterocycles. The van der Waals surface area contributed by atoms with E-state index in [0.717, 1.165) is 55.4 Å². The number of hydrogen-bond acceptors (Lipinski definition) is 4. The topological polar surface area (TPSA) is 38.2 Å². The Morgan fingerprint density at radius 1 is 1.48 bits per heavy atom. The van der Waals surface area contributed by atoms with Crippen molar-refractivity contribution < 1.29 is 4.74 Å². The highest BCUT2D eigenvalue weighted by atomic mass is 16.5. The monoisotopic (exact) mass is 287 g/mol. The molecule has 0 amide bonds. The molecule has 1 aromatic rings. The van der Waals surface area contributed by atoms with Crippen LogP contribution in [0.25, 0.3) is 5.70 Å². The summed E-state index contributed by atoms with van der Waals surface area (Å²) in [6.45, 7) is 11.9. The summed E-state index contributed by atoms with van der Waals surface area (Å²) in [4.78, 5) is 11.1. The number of nitrogens with zero attached hydrogens (tertiary/aromatic N) is 3. The number of aryl methyl sites for hydroxylation is 1. The van der Waals surface area contributed by atoms with Crippen LogP contribution in [0.3, 0.4) is 0 Å². The highest BCUT2D eigenvalue weighted by Gasteiger charge is 2.25. The largest absolute Gasteiger partial charge is 0.381 e. The Balaban J connectivity index is 2.37.